The van der Waals surface area contributed by atoms with E-state index in [2.05, 4.69) is 8.58 Å². The van der Waals surface area contributed by atoms with Gasteiger partial charge in [0.1, 0.15) is 20.5 Å². The van der Waals surface area contributed by atoms with Crippen molar-refractivity contribution in [2.24, 2.45) is 0 Å². The van der Waals surface area contributed by atoms with E-state index in [9.17, 15) is 4.57 Å². The first-order valence-corrected chi connectivity index (χ1v) is 3.95. The molecule has 0 heterocycles. The summed E-state index contributed by atoms with van der Waals surface area (Å²) < 4.78 is 18.4. The van der Waals surface area contributed by atoms with Crippen molar-refractivity contribution in [1.29, 1.82) is 0 Å². The number of rotatable bonds is 4. The Hall–Kier alpha value is 0.600. The summed E-state index contributed by atoms with van der Waals surface area (Å²) in [6, 6.07) is 0. The topological polar surface area (TPSA) is 35.5 Å². The summed E-state index contributed by atoms with van der Waals surface area (Å²) in [5.41, 5.74) is 0. The lowest BCUT2D eigenvalue weighted by Crippen LogP contribution is -1.80. The highest BCUT2D eigenvalue weighted by molar-refractivity contribution is 7.44. The maximum Gasteiger partial charge on any atom is 0.140 e. The van der Waals surface area contributed by atoms with Gasteiger partial charge in [-0.05, 0) is 0 Å². The zero-order valence-corrected chi connectivity index (χ0v) is 6.25. The molecule has 0 aliphatic heterocycles. The number of hydrogen-bond donors (Lipinski definition) is 0. The van der Waals surface area contributed by atoms with Crippen LogP contribution < -0.4 is 0 Å². The molecule has 0 saturated carbocycles. The standard InChI is InChI=1S/C2H4Cl2O3P/c3-6-1-8(5)2-7-4/h1-2H2. The fraction of sp³-hybridized carbons (Fsp3) is 1.00. The highest BCUT2D eigenvalue weighted by atomic mass is 35.5. The van der Waals surface area contributed by atoms with Crippen LogP contribution in [0.3, 0.4) is 0 Å². The maximum absolute atomic E-state index is 10.4. The second kappa shape index (κ2) is 5.73. The van der Waals surface area contributed by atoms with Crippen LogP contribution in [0, 0.1) is 0 Å². The molecule has 1 radical (unpaired) electrons. The molecule has 0 aromatic heterocycles. The quantitative estimate of drug-likeness (QED) is 0.618. The van der Waals surface area contributed by atoms with Crippen LogP contribution in [0.15, 0.2) is 0 Å². The molecule has 0 aliphatic carbocycles. The van der Waals surface area contributed by atoms with Crippen LogP contribution in [0.4, 0.5) is 0 Å². The molecule has 0 unspecified atom stereocenters. The smallest absolute Gasteiger partial charge is 0.140 e. The van der Waals surface area contributed by atoms with Gasteiger partial charge in [-0.25, -0.2) is 0 Å². The van der Waals surface area contributed by atoms with Crippen molar-refractivity contribution in [1.82, 2.24) is 0 Å². The molecule has 0 aromatic carbocycles. The molecule has 0 aromatic rings. The Morgan fingerprint density at radius 1 is 1.25 bits per heavy atom. The Kier molecular flexibility index (Phi) is 6.16. The van der Waals surface area contributed by atoms with Crippen LogP contribution in [0.5, 0.6) is 0 Å². The third kappa shape index (κ3) is 4.75. The lowest BCUT2D eigenvalue weighted by atomic mass is 11.7. The average Bonchev–Trinajstić information content (AvgIpc) is 1.68. The third-order valence-corrected chi connectivity index (χ3v) is 1.74. The summed E-state index contributed by atoms with van der Waals surface area (Å²) in [7, 11) is -1.54. The van der Waals surface area contributed by atoms with Crippen LogP contribution in [0.2, 0.25) is 0 Å². The summed E-state index contributed by atoms with van der Waals surface area (Å²) in [4.78, 5) is 0. The van der Waals surface area contributed by atoms with Crippen LogP contribution in [-0.2, 0) is 13.1 Å². The van der Waals surface area contributed by atoms with Crippen LogP contribution in [-0.4, -0.2) is 12.7 Å². The maximum atomic E-state index is 10.4. The summed E-state index contributed by atoms with van der Waals surface area (Å²) in [6.45, 7) is 0. The van der Waals surface area contributed by atoms with E-state index < -0.39 is 7.80 Å². The van der Waals surface area contributed by atoms with Crippen molar-refractivity contribution in [3.8, 4) is 0 Å². The molecular formula is C2H4Cl2O3P. The van der Waals surface area contributed by atoms with Gasteiger partial charge in [0, 0.05) is 0 Å². The fourth-order valence-electron chi connectivity index (χ4n) is 0.146. The zero-order valence-electron chi connectivity index (χ0n) is 3.84. The van der Waals surface area contributed by atoms with Gasteiger partial charge >= 0.3 is 0 Å². The van der Waals surface area contributed by atoms with Gasteiger partial charge in [-0.2, -0.15) is 0 Å². The molecule has 0 atom stereocenters. The molecule has 0 amide bonds. The summed E-state index contributed by atoms with van der Waals surface area (Å²) in [5, 5.41) is 0. The first-order valence-electron chi connectivity index (χ1n) is 1.70. The second-order valence-electron chi connectivity index (χ2n) is 0.958. The minimum Gasteiger partial charge on any atom is -0.282 e. The van der Waals surface area contributed by atoms with E-state index in [-0.39, 0.29) is 12.7 Å². The van der Waals surface area contributed by atoms with Crippen molar-refractivity contribution in [3.05, 3.63) is 0 Å². The van der Waals surface area contributed by atoms with E-state index in [1.807, 2.05) is 0 Å². The molecule has 0 N–H and O–H groups in total. The summed E-state index contributed by atoms with van der Waals surface area (Å²) in [5.74, 6) is 0. The van der Waals surface area contributed by atoms with Crippen LogP contribution >= 0.6 is 31.5 Å². The Labute approximate surface area is 58.0 Å². The first-order chi connectivity index (χ1) is 3.81. The molecular weight excluding hydrogens is 174 g/mol. The molecule has 0 aliphatic rings. The Balaban J connectivity index is 3.06. The monoisotopic (exact) mass is 177 g/mol. The van der Waals surface area contributed by atoms with E-state index in [4.69, 9.17) is 23.7 Å². The molecule has 3 nitrogen and oxygen atoms in total. The normalized spacial score (nSPS) is 9.25. The van der Waals surface area contributed by atoms with Crippen LogP contribution in [0.25, 0.3) is 0 Å². The molecule has 0 spiro atoms. The molecule has 6 heteroatoms. The Morgan fingerprint density at radius 2 is 1.62 bits per heavy atom. The van der Waals surface area contributed by atoms with Gasteiger partial charge in [-0.15, -0.1) is 0 Å². The average molecular weight is 178 g/mol. The Morgan fingerprint density at radius 3 is 1.88 bits per heavy atom. The van der Waals surface area contributed by atoms with Gasteiger partial charge < -0.3 is 0 Å². The van der Waals surface area contributed by atoms with Crippen molar-refractivity contribution < 1.29 is 13.1 Å². The largest absolute Gasteiger partial charge is 0.282 e. The minimum absolute atomic E-state index is 0.0242. The SMILES string of the molecule is O=[P](COCl)COCl. The van der Waals surface area contributed by atoms with Crippen molar-refractivity contribution in [2.75, 3.05) is 12.7 Å². The highest BCUT2D eigenvalue weighted by Crippen LogP contribution is 2.20. The summed E-state index contributed by atoms with van der Waals surface area (Å²) >= 11 is 9.50. The predicted molar refractivity (Wildman–Crippen MR) is 31.2 cm³/mol. The van der Waals surface area contributed by atoms with E-state index in [1.165, 1.54) is 0 Å². The summed E-state index contributed by atoms with van der Waals surface area (Å²) in [6.07, 6.45) is -0.0484. The van der Waals surface area contributed by atoms with Crippen molar-refractivity contribution in [2.45, 2.75) is 0 Å². The van der Waals surface area contributed by atoms with Gasteiger partial charge in [0.25, 0.3) is 0 Å². The molecule has 0 fully saturated rings. The zero-order chi connectivity index (χ0) is 6.41. The molecule has 0 bridgehead atoms. The molecule has 49 valence electrons. The van der Waals surface area contributed by atoms with E-state index >= 15 is 0 Å². The highest BCUT2D eigenvalue weighted by Gasteiger charge is 1.97. The fourth-order valence-corrected chi connectivity index (χ4v) is 1.09. The third-order valence-electron chi connectivity index (χ3n) is 0.386. The van der Waals surface area contributed by atoms with Gasteiger partial charge in [0.05, 0.1) is 23.7 Å². The first kappa shape index (κ1) is 8.60. The number of hydrogen-bond acceptors (Lipinski definition) is 3. The van der Waals surface area contributed by atoms with E-state index in [1.54, 1.807) is 0 Å². The van der Waals surface area contributed by atoms with E-state index in [0.717, 1.165) is 0 Å². The van der Waals surface area contributed by atoms with Crippen molar-refractivity contribution in [3.63, 3.8) is 0 Å². The lowest BCUT2D eigenvalue weighted by Gasteiger charge is -1.90. The molecule has 0 saturated heterocycles. The van der Waals surface area contributed by atoms with Crippen molar-refractivity contribution >= 4 is 31.5 Å². The Bertz CT molecular complexity index is 69.7. The number of halogens is 2. The lowest BCUT2D eigenvalue weighted by molar-refractivity contribution is 0.390. The van der Waals surface area contributed by atoms with Gasteiger partial charge in [-0.3, -0.25) is 13.1 Å². The molecule has 8 heavy (non-hydrogen) atoms. The van der Waals surface area contributed by atoms with E-state index in [0.29, 0.717) is 0 Å². The predicted octanol–water partition coefficient (Wildman–Crippen LogP) is 2.07. The van der Waals surface area contributed by atoms with Crippen LogP contribution in [0.1, 0.15) is 0 Å². The second-order valence-corrected chi connectivity index (χ2v) is 2.87. The van der Waals surface area contributed by atoms with Gasteiger partial charge in [0.15, 0.2) is 0 Å². The minimum atomic E-state index is -1.54. The van der Waals surface area contributed by atoms with Gasteiger partial charge in [0.2, 0.25) is 0 Å². The molecule has 0 rings (SSSR count). The van der Waals surface area contributed by atoms with Gasteiger partial charge in [-0.1, -0.05) is 0 Å².